The maximum absolute atomic E-state index is 12.9. The molecule has 1 atom stereocenters. The number of nitrogens with one attached hydrogen (secondary N) is 1. The van der Waals surface area contributed by atoms with Crippen LogP contribution in [0.15, 0.2) is 36.7 Å². The highest BCUT2D eigenvalue weighted by atomic mass is 16.6. The van der Waals surface area contributed by atoms with Gasteiger partial charge in [0.2, 0.25) is 0 Å². The number of carbonyl (C=O) groups is 1. The molecule has 33 heavy (non-hydrogen) atoms. The van der Waals surface area contributed by atoms with Crippen LogP contribution in [-0.2, 0) is 33.7 Å². The van der Waals surface area contributed by atoms with Crippen LogP contribution in [0.2, 0.25) is 0 Å². The number of benzene rings is 1. The summed E-state index contributed by atoms with van der Waals surface area (Å²) in [7, 11) is 1.58. The summed E-state index contributed by atoms with van der Waals surface area (Å²) in [4.78, 5) is 22.4. The van der Waals surface area contributed by atoms with Crippen molar-refractivity contribution in [2.75, 3.05) is 33.5 Å². The van der Waals surface area contributed by atoms with Gasteiger partial charge in [-0.25, -0.2) is 9.97 Å². The quantitative estimate of drug-likeness (QED) is 0.615. The predicted molar refractivity (Wildman–Crippen MR) is 120 cm³/mol. The van der Waals surface area contributed by atoms with E-state index in [1.54, 1.807) is 11.8 Å². The molecule has 1 saturated heterocycles. The van der Waals surface area contributed by atoms with Crippen LogP contribution in [0.5, 0.6) is 0 Å². The minimum atomic E-state index is -0.248. The lowest BCUT2D eigenvalue weighted by atomic mass is 10.0. The number of aromatic nitrogens is 4. The minimum absolute atomic E-state index is 0.156. The Bertz CT molecular complexity index is 1140. The molecule has 9 nitrogen and oxygen atoms in total. The smallest absolute Gasteiger partial charge is 0.254 e. The summed E-state index contributed by atoms with van der Waals surface area (Å²) in [6.45, 7) is 2.15. The first kappa shape index (κ1) is 21.7. The van der Waals surface area contributed by atoms with Crippen molar-refractivity contribution in [3.8, 4) is 17.2 Å². The van der Waals surface area contributed by atoms with E-state index in [0.717, 1.165) is 36.1 Å². The Balaban J connectivity index is 1.45. The molecule has 3 heterocycles. The third kappa shape index (κ3) is 4.52. The molecule has 1 amide bonds. The van der Waals surface area contributed by atoms with Gasteiger partial charge in [0.15, 0.2) is 0 Å². The highest BCUT2D eigenvalue weighted by Crippen LogP contribution is 2.31. The normalized spacial score (nSPS) is 17.7. The van der Waals surface area contributed by atoms with Crippen molar-refractivity contribution in [2.24, 2.45) is 0 Å². The summed E-state index contributed by atoms with van der Waals surface area (Å²) in [5.74, 6) is 0.170. The standard InChI is InChI=1S/C24H27N5O4/c1-31-15-21-20(23(30)25-12-18-14-32-9-10-33-18)13-27-29(21)24-26-11-17-7-4-6-16-5-2-3-8-19(16)22(17)28-24/h2-3,5,8,11,13,18H,4,6-7,9-10,12,14-15H2,1H3,(H,25,30)/t18-/m1/s1. The van der Waals surface area contributed by atoms with Crippen molar-refractivity contribution in [3.05, 3.63) is 59.0 Å². The predicted octanol–water partition coefficient (Wildman–Crippen LogP) is 2.11. The van der Waals surface area contributed by atoms with Gasteiger partial charge in [-0.3, -0.25) is 4.79 Å². The molecule has 1 aromatic carbocycles. The number of ether oxygens (including phenoxy) is 3. The summed E-state index contributed by atoms with van der Waals surface area (Å²) < 4.78 is 18.0. The molecule has 1 fully saturated rings. The molecule has 0 saturated carbocycles. The summed E-state index contributed by atoms with van der Waals surface area (Å²) in [5.41, 5.74) is 5.48. The van der Waals surface area contributed by atoms with E-state index in [2.05, 4.69) is 33.6 Å². The zero-order valence-corrected chi connectivity index (χ0v) is 18.6. The first-order valence-electron chi connectivity index (χ1n) is 11.2. The Morgan fingerprint density at radius 2 is 2.09 bits per heavy atom. The fourth-order valence-corrected chi connectivity index (χ4v) is 4.32. The Morgan fingerprint density at radius 1 is 1.21 bits per heavy atom. The van der Waals surface area contributed by atoms with Crippen LogP contribution in [0.3, 0.4) is 0 Å². The molecule has 0 spiro atoms. The second-order valence-electron chi connectivity index (χ2n) is 8.18. The number of amides is 1. The lowest BCUT2D eigenvalue weighted by molar-refractivity contribution is -0.0855. The van der Waals surface area contributed by atoms with Gasteiger partial charge < -0.3 is 19.5 Å². The maximum atomic E-state index is 12.9. The summed E-state index contributed by atoms with van der Waals surface area (Å²) >= 11 is 0. The fourth-order valence-electron chi connectivity index (χ4n) is 4.32. The van der Waals surface area contributed by atoms with Gasteiger partial charge in [-0.05, 0) is 30.4 Å². The SMILES string of the molecule is COCc1c(C(=O)NC[C@@H]2COCCO2)cnn1-c1ncc2c(n1)-c1ccccc1CCC2. The van der Waals surface area contributed by atoms with Gasteiger partial charge in [-0.15, -0.1) is 0 Å². The summed E-state index contributed by atoms with van der Waals surface area (Å²) in [5, 5.41) is 7.35. The Kier molecular flexibility index (Phi) is 6.43. The van der Waals surface area contributed by atoms with Crippen LogP contribution in [-0.4, -0.2) is 65.2 Å². The first-order chi connectivity index (χ1) is 16.2. The molecule has 3 aromatic rings. The van der Waals surface area contributed by atoms with E-state index in [9.17, 15) is 4.79 Å². The largest absolute Gasteiger partial charge is 0.378 e. The van der Waals surface area contributed by atoms with E-state index in [1.807, 2.05) is 12.3 Å². The molecule has 2 aromatic heterocycles. The Labute approximate surface area is 192 Å². The monoisotopic (exact) mass is 449 g/mol. The van der Waals surface area contributed by atoms with Crippen molar-refractivity contribution >= 4 is 5.91 Å². The van der Waals surface area contributed by atoms with E-state index >= 15 is 0 Å². The second-order valence-corrected chi connectivity index (χ2v) is 8.18. The zero-order valence-electron chi connectivity index (χ0n) is 18.6. The van der Waals surface area contributed by atoms with Crippen LogP contribution in [0, 0.1) is 0 Å². The molecule has 0 unspecified atom stereocenters. The Morgan fingerprint density at radius 3 is 2.94 bits per heavy atom. The molecule has 1 N–H and O–H groups in total. The number of rotatable bonds is 6. The number of aryl methyl sites for hydroxylation is 2. The van der Waals surface area contributed by atoms with Gasteiger partial charge in [0.25, 0.3) is 11.9 Å². The molecular weight excluding hydrogens is 422 g/mol. The Hall–Kier alpha value is -3.14. The molecule has 0 radical (unpaired) electrons. The van der Waals surface area contributed by atoms with Gasteiger partial charge in [0, 0.05) is 25.4 Å². The van der Waals surface area contributed by atoms with Crippen LogP contribution in [0.1, 0.15) is 33.6 Å². The lowest BCUT2D eigenvalue weighted by Crippen LogP contribution is -2.39. The number of methoxy groups -OCH3 is 1. The van der Waals surface area contributed by atoms with Crippen molar-refractivity contribution < 1.29 is 19.0 Å². The van der Waals surface area contributed by atoms with Crippen molar-refractivity contribution in [1.29, 1.82) is 0 Å². The summed E-state index contributed by atoms with van der Waals surface area (Å²) in [6, 6.07) is 8.35. The highest BCUT2D eigenvalue weighted by Gasteiger charge is 2.23. The first-order valence-corrected chi connectivity index (χ1v) is 11.2. The maximum Gasteiger partial charge on any atom is 0.254 e. The molecule has 9 heteroatoms. The van der Waals surface area contributed by atoms with Gasteiger partial charge in [0.05, 0.1) is 55.7 Å². The fraction of sp³-hybridized carbons (Fsp3) is 0.417. The number of hydrogen-bond acceptors (Lipinski definition) is 7. The zero-order chi connectivity index (χ0) is 22.6. The molecular formula is C24H27N5O4. The average molecular weight is 450 g/mol. The van der Waals surface area contributed by atoms with Gasteiger partial charge in [-0.2, -0.15) is 9.78 Å². The van der Waals surface area contributed by atoms with Gasteiger partial charge in [-0.1, -0.05) is 24.3 Å². The van der Waals surface area contributed by atoms with E-state index in [1.165, 1.54) is 11.8 Å². The number of fused-ring (bicyclic) bond motifs is 3. The average Bonchev–Trinajstić information content (AvgIpc) is 3.18. The molecule has 2 aliphatic rings. The van der Waals surface area contributed by atoms with Gasteiger partial charge >= 0.3 is 0 Å². The molecule has 1 aliphatic heterocycles. The highest BCUT2D eigenvalue weighted by molar-refractivity contribution is 5.95. The van der Waals surface area contributed by atoms with Crippen LogP contribution in [0.4, 0.5) is 0 Å². The molecule has 172 valence electrons. The number of nitrogens with zero attached hydrogens (tertiary/aromatic N) is 4. The minimum Gasteiger partial charge on any atom is -0.378 e. The van der Waals surface area contributed by atoms with E-state index in [-0.39, 0.29) is 18.6 Å². The van der Waals surface area contributed by atoms with Crippen LogP contribution >= 0.6 is 0 Å². The molecule has 0 bridgehead atoms. The topological polar surface area (TPSA) is 100 Å². The third-order valence-corrected chi connectivity index (χ3v) is 5.98. The van der Waals surface area contributed by atoms with Crippen LogP contribution < -0.4 is 5.32 Å². The number of hydrogen-bond donors (Lipinski definition) is 1. The summed E-state index contributed by atoms with van der Waals surface area (Å²) in [6.07, 6.45) is 6.25. The van der Waals surface area contributed by atoms with E-state index < -0.39 is 0 Å². The van der Waals surface area contributed by atoms with Crippen LogP contribution in [0.25, 0.3) is 17.2 Å². The number of carbonyl (C=O) groups excluding carboxylic acids is 1. The lowest BCUT2D eigenvalue weighted by Gasteiger charge is -2.23. The van der Waals surface area contributed by atoms with Crippen molar-refractivity contribution in [2.45, 2.75) is 32.0 Å². The van der Waals surface area contributed by atoms with E-state index in [4.69, 9.17) is 19.2 Å². The van der Waals surface area contributed by atoms with Crippen molar-refractivity contribution in [3.63, 3.8) is 0 Å². The third-order valence-electron chi connectivity index (χ3n) is 5.98. The molecule has 1 aliphatic carbocycles. The molecule has 5 rings (SSSR count). The second kappa shape index (κ2) is 9.78. The van der Waals surface area contributed by atoms with Gasteiger partial charge in [0.1, 0.15) is 0 Å². The van der Waals surface area contributed by atoms with Crippen molar-refractivity contribution in [1.82, 2.24) is 25.1 Å². The van der Waals surface area contributed by atoms with E-state index in [0.29, 0.717) is 43.6 Å².